The Balaban J connectivity index is 2.08. The van der Waals surface area contributed by atoms with E-state index in [0.717, 1.165) is 11.3 Å². The number of amides is 1. The second-order valence-corrected chi connectivity index (χ2v) is 4.89. The molecule has 1 aromatic rings. The zero-order valence-corrected chi connectivity index (χ0v) is 11.3. The number of benzene rings is 1. The lowest BCUT2D eigenvalue weighted by Gasteiger charge is -2.29. The second kappa shape index (κ2) is 5.69. The minimum atomic E-state index is -0.322. The number of hydrogen-bond donors (Lipinski definition) is 2. The average Bonchev–Trinajstić information content (AvgIpc) is 2.34. The Morgan fingerprint density at radius 1 is 1.56 bits per heavy atom. The van der Waals surface area contributed by atoms with Gasteiger partial charge in [0.15, 0.2) is 0 Å². The first-order valence-corrected chi connectivity index (χ1v) is 6.38. The molecule has 0 spiro atoms. The van der Waals surface area contributed by atoms with Gasteiger partial charge in [0, 0.05) is 17.3 Å². The molecule has 1 saturated heterocycles. The molecule has 0 aromatic heterocycles. The third kappa shape index (κ3) is 3.02. The Labute approximate surface area is 112 Å². The van der Waals surface area contributed by atoms with E-state index in [1.807, 2.05) is 19.9 Å². The predicted molar refractivity (Wildman–Crippen MR) is 72.0 cm³/mol. The maximum Gasteiger partial charge on any atom is 0.244 e. The number of carbonyl (C=O) groups excluding carboxylic acids is 1. The van der Waals surface area contributed by atoms with Crippen molar-refractivity contribution in [3.05, 3.63) is 28.8 Å². The van der Waals surface area contributed by atoms with Crippen molar-refractivity contribution in [1.82, 2.24) is 5.32 Å². The van der Waals surface area contributed by atoms with Crippen molar-refractivity contribution >= 4 is 23.2 Å². The smallest absolute Gasteiger partial charge is 0.244 e. The molecular weight excluding hydrogens is 252 g/mol. The molecule has 2 atom stereocenters. The van der Waals surface area contributed by atoms with Crippen molar-refractivity contribution in [2.45, 2.75) is 26.0 Å². The maximum absolute atomic E-state index is 12.1. The number of carbonyl (C=O) groups is 1. The Kier molecular flexibility index (Phi) is 4.22. The molecule has 0 radical (unpaired) electrons. The van der Waals surface area contributed by atoms with E-state index in [2.05, 4.69) is 10.6 Å². The molecule has 18 heavy (non-hydrogen) atoms. The standard InChI is InChI=1S/C13H17ClN2O2/c1-8-3-4-10(14)7-11(8)16-13(17)12-9(2)18-6-5-15-12/h3-4,7,9,12,15H,5-6H2,1-2H3,(H,16,17)/t9-,12+/m1/s1. The topological polar surface area (TPSA) is 50.4 Å². The summed E-state index contributed by atoms with van der Waals surface area (Å²) in [4.78, 5) is 12.1. The van der Waals surface area contributed by atoms with Gasteiger partial charge in [0.1, 0.15) is 6.04 Å². The van der Waals surface area contributed by atoms with Crippen LogP contribution in [0.5, 0.6) is 0 Å². The molecule has 4 nitrogen and oxygen atoms in total. The summed E-state index contributed by atoms with van der Waals surface area (Å²) in [7, 11) is 0. The predicted octanol–water partition coefficient (Wildman–Crippen LogP) is 1.96. The Bertz CT molecular complexity index is 451. The van der Waals surface area contributed by atoms with E-state index in [1.165, 1.54) is 0 Å². The molecule has 1 heterocycles. The zero-order chi connectivity index (χ0) is 13.1. The average molecular weight is 269 g/mol. The van der Waals surface area contributed by atoms with Gasteiger partial charge < -0.3 is 15.4 Å². The van der Waals surface area contributed by atoms with Crippen LogP contribution in [0.1, 0.15) is 12.5 Å². The Morgan fingerprint density at radius 3 is 3.06 bits per heavy atom. The van der Waals surface area contributed by atoms with Gasteiger partial charge in [-0.3, -0.25) is 4.79 Å². The van der Waals surface area contributed by atoms with Crippen LogP contribution < -0.4 is 10.6 Å². The fraction of sp³-hybridized carbons (Fsp3) is 0.462. The van der Waals surface area contributed by atoms with Crippen molar-refractivity contribution in [2.75, 3.05) is 18.5 Å². The van der Waals surface area contributed by atoms with Crippen molar-refractivity contribution in [1.29, 1.82) is 0 Å². The van der Waals surface area contributed by atoms with Crippen LogP contribution in [-0.2, 0) is 9.53 Å². The SMILES string of the molecule is Cc1ccc(Cl)cc1NC(=O)[C@H]1NCCO[C@@H]1C. The fourth-order valence-electron chi connectivity index (χ4n) is 1.97. The fourth-order valence-corrected chi connectivity index (χ4v) is 2.14. The first-order chi connectivity index (χ1) is 8.58. The third-order valence-electron chi connectivity index (χ3n) is 3.06. The van der Waals surface area contributed by atoms with E-state index in [4.69, 9.17) is 16.3 Å². The van der Waals surface area contributed by atoms with E-state index < -0.39 is 0 Å². The van der Waals surface area contributed by atoms with Crippen molar-refractivity contribution < 1.29 is 9.53 Å². The summed E-state index contributed by atoms with van der Waals surface area (Å²) in [5.41, 5.74) is 1.73. The van der Waals surface area contributed by atoms with Gasteiger partial charge in [-0.1, -0.05) is 17.7 Å². The summed E-state index contributed by atoms with van der Waals surface area (Å²) < 4.78 is 5.45. The van der Waals surface area contributed by atoms with Crippen LogP contribution in [-0.4, -0.2) is 31.2 Å². The summed E-state index contributed by atoms with van der Waals surface area (Å²) in [6.07, 6.45) is -0.127. The van der Waals surface area contributed by atoms with Crippen LogP contribution in [0.25, 0.3) is 0 Å². The highest BCUT2D eigenvalue weighted by atomic mass is 35.5. The van der Waals surface area contributed by atoms with Gasteiger partial charge in [-0.15, -0.1) is 0 Å². The van der Waals surface area contributed by atoms with Crippen LogP contribution >= 0.6 is 11.6 Å². The Morgan fingerprint density at radius 2 is 2.33 bits per heavy atom. The number of rotatable bonds is 2. The molecule has 98 valence electrons. The number of ether oxygens (including phenoxy) is 1. The third-order valence-corrected chi connectivity index (χ3v) is 3.29. The van der Waals surface area contributed by atoms with Gasteiger partial charge in [0.05, 0.1) is 12.7 Å². The highest BCUT2D eigenvalue weighted by Crippen LogP contribution is 2.20. The molecule has 0 unspecified atom stereocenters. The summed E-state index contributed by atoms with van der Waals surface area (Å²) in [6.45, 7) is 5.15. The molecule has 0 bridgehead atoms. The van der Waals surface area contributed by atoms with Crippen LogP contribution in [0, 0.1) is 6.92 Å². The van der Waals surface area contributed by atoms with Gasteiger partial charge in [0.2, 0.25) is 5.91 Å². The van der Waals surface area contributed by atoms with Gasteiger partial charge >= 0.3 is 0 Å². The van der Waals surface area contributed by atoms with Crippen molar-refractivity contribution in [2.24, 2.45) is 0 Å². The van der Waals surface area contributed by atoms with E-state index in [1.54, 1.807) is 12.1 Å². The molecule has 5 heteroatoms. The van der Waals surface area contributed by atoms with E-state index in [-0.39, 0.29) is 18.1 Å². The molecular formula is C13H17ClN2O2. The van der Waals surface area contributed by atoms with Crippen LogP contribution in [0.4, 0.5) is 5.69 Å². The van der Waals surface area contributed by atoms with Crippen molar-refractivity contribution in [3.8, 4) is 0 Å². The van der Waals surface area contributed by atoms with Gasteiger partial charge in [-0.25, -0.2) is 0 Å². The van der Waals surface area contributed by atoms with Crippen molar-refractivity contribution in [3.63, 3.8) is 0 Å². The number of morpholine rings is 1. The van der Waals surface area contributed by atoms with E-state index in [0.29, 0.717) is 18.2 Å². The van der Waals surface area contributed by atoms with Gasteiger partial charge in [-0.2, -0.15) is 0 Å². The summed E-state index contributed by atoms with van der Waals surface area (Å²) in [5.74, 6) is -0.0902. The minimum absolute atomic E-state index is 0.0902. The summed E-state index contributed by atoms with van der Waals surface area (Å²) in [6, 6.07) is 5.11. The summed E-state index contributed by atoms with van der Waals surface area (Å²) >= 11 is 5.92. The van der Waals surface area contributed by atoms with Gasteiger partial charge in [-0.05, 0) is 31.5 Å². The lowest BCUT2D eigenvalue weighted by molar-refractivity contribution is -0.123. The highest BCUT2D eigenvalue weighted by Gasteiger charge is 2.28. The number of anilines is 1. The molecule has 2 N–H and O–H groups in total. The Hall–Kier alpha value is -1.10. The molecule has 1 aromatic carbocycles. The van der Waals surface area contributed by atoms with Gasteiger partial charge in [0.25, 0.3) is 0 Å². The molecule has 1 amide bonds. The molecule has 0 aliphatic carbocycles. The maximum atomic E-state index is 12.1. The van der Waals surface area contributed by atoms with Crippen LogP contribution in [0.2, 0.25) is 5.02 Å². The summed E-state index contributed by atoms with van der Waals surface area (Å²) in [5, 5.41) is 6.65. The quantitative estimate of drug-likeness (QED) is 0.862. The first-order valence-electron chi connectivity index (χ1n) is 6.00. The highest BCUT2D eigenvalue weighted by molar-refractivity contribution is 6.31. The molecule has 1 aliphatic heterocycles. The molecule has 1 aliphatic rings. The second-order valence-electron chi connectivity index (χ2n) is 4.46. The number of nitrogens with one attached hydrogen (secondary N) is 2. The van der Waals surface area contributed by atoms with Crippen LogP contribution in [0.15, 0.2) is 18.2 Å². The monoisotopic (exact) mass is 268 g/mol. The largest absolute Gasteiger partial charge is 0.375 e. The lowest BCUT2D eigenvalue weighted by Crippen LogP contribution is -2.53. The van der Waals surface area contributed by atoms with Crippen LogP contribution in [0.3, 0.4) is 0 Å². The van der Waals surface area contributed by atoms with E-state index >= 15 is 0 Å². The minimum Gasteiger partial charge on any atom is -0.375 e. The molecule has 0 saturated carbocycles. The number of aryl methyl sites for hydroxylation is 1. The number of halogens is 1. The molecule has 2 rings (SSSR count). The molecule has 1 fully saturated rings. The normalized spacial score (nSPS) is 23.7. The zero-order valence-electron chi connectivity index (χ0n) is 10.5. The number of hydrogen-bond acceptors (Lipinski definition) is 3. The lowest BCUT2D eigenvalue weighted by atomic mass is 10.1. The first kappa shape index (κ1) is 13.3. The van der Waals surface area contributed by atoms with E-state index in [9.17, 15) is 4.79 Å².